The molecule has 7 heteroatoms. The van der Waals surface area contributed by atoms with E-state index >= 15 is 0 Å². The van der Waals surface area contributed by atoms with Crippen molar-refractivity contribution in [1.82, 2.24) is 9.47 Å². The van der Waals surface area contributed by atoms with E-state index < -0.39 is 29.7 Å². The molecule has 1 aromatic heterocycles. The monoisotopic (exact) mass is 348 g/mol. The Labute approximate surface area is 143 Å². The minimum Gasteiger partial charge on any atom is -0.391 e. The third-order valence-electron chi connectivity index (χ3n) is 4.43. The number of likely N-dealkylation sites (tertiary alicyclic amines) is 1. The topological polar surface area (TPSA) is 62.5 Å². The van der Waals surface area contributed by atoms with Gasteiger partial charge in [-0.15, -0.1) is 0 Å². The number of carbonyl (C=O) groups is 1. The molecule has 2 atom stereocenters. The molecule has 132 valence electrons. The summed E-state index contributed by atoms with van der Waals surface area (Å²) < 4.78 is 28.8. The van der Waals surface area contributed by atoms with Gasteiger partial charge in [0.2, 0.25) is 5.91 Å². The van der Waals surface area contributed by atoms with Gasteiger partial charge in [0.1, 0.15) is 18.2 Å². The van der Waals surface area contributed by atoms with Gasteiger partial charge in [-0.25, -0.2) is 8.78 Å². The quantitative estimate of drug-likeness (QED) is 0.920. The second kappa shape index (κ2) is 6.76. The molecular weight excluding hydrogens is 330 g/mol. The second-order valence-electron chi connectivity index (χ2n) is 6.24. The van der Waals surface area contributed by atoms with E-state index in [1.165, 1.54) is 15.7 Å². The number of aryl methyl sites for hydroxylation is 1. The standard InChI is InChI=1S/C18H18F2N2O3/c1-11-3-2-6-21(18(11)25)10-17(24)22-9-13(23)8-16(22)14-7-12(19)4-5-15(14)20/h2-7,13,16,23H,8-10H2,1H3/t13-,16+/m0/s1. The van der Waals surface area contributed by atoms with Crippen LogP contribution in [0.4, 0.5) is 8.78 Å². The van der Waals surface area contributed by atoms with Gasteiger partial charge >= 0.3 is 0 Å². The lowest BCUT2D eigenvalue weighted by molar-refractivity contribution is -0.133. The van der Waals surface area contributed by atoms with Crippen LogP contribution >= 0.6 is 0 Å². The molecule has 2 aromatic rings. The number of aliphatic hydroxyl groups is 1. The zero-order valence-electron chi connectivity index (χ0n) is 13.7. The lowest BCUT2D eigenvalue weighted by atomic mass is 10.0. The highest BCUT2D eigenvalue weighted by Gasteiger charge is 2.36. The van der Waals surface area contributed by atoms with Crippen LogP contribution in [0.25, 0.3) is 0 Å². The Morgan fingerprint density at radius 3 is 2.84 bits per heavy atom. The van der Waals surface area contributed by atoms with Crippen molar-refractivity contribution in [3.8, 4) is 0 Å². The third-order valence-corrected chi connectivity index (χ3v) is 4.43. The van der Waals surface area contributed by atoms with E-state index in [0.29, 0.717) is 5.56 Å². The molecule has 3 rings (SSSR count). The molecule has 5 nitrogen and oxygen atoms in total. The predicted molar refractivity (Wildman–Crippen MR) is 86.9 cm³/mol. The Balaban J connectivity index is 1.89. The second-order valence-corrected chi connectivity index (χ2v) is 6.24. The van der Waals surface area contributed by atoms with E-state index in [1.807, 2.05) is 0 Å². The average Bonchev–Trinajstić information content (AvgIpc) is 2.96. The number of aliphatic hydroxyl groups excluding tert-OH is 1. The van der Waals surface area contributed by atoms with Gasteiger partial charge in [-0.2, -0.15) is 0 Å². The Kier molecular flexibility index (Phi) is 4.67. The lowest BCUT2D eigenvalue weighted by Gasteiger charge is -2.25. The molecule has 0 saturated carbocycles. The Bertz CT molecular complexity index is 866. The van der Waals surface area contributed by atoms with Crippen LogP contribution in [-0.2, 0) is 11.3 Å². The molecule has 0 bridgehead atoms. The average molecular weight is 348 g/mol. The molecule has 2 heterocycles. The van der Waals surface area contributed by atoms with Gasteiger partial charge in [-0.1, -0.05) is 6.07 Å². The van der Waals surface area contributed by atoms with Gasteiger partial charge in [0.25, 0.3) is 5.56 Å². The fraction of sp³-hybridized carbons (Fsp3) is 0.333. The van der Waals surface area contributed by atoms with Crippen molar-refractivity contribution in [2.75, 3.05) is 6.54 Å². The Morgan fingerprint density at radius 2 is 2.08 bits per heavy atom. The zero-order chi connectivity index (χ0) is 18.1. The number of halogens is 2. The summed E-state index contributed by atoms with van der Waals surface area (Å²) in [5, 5.41) is 9.93. The minimum atomic E-state index is -0.828. The predicted octanol–water partition coefficient (Wildman–Crippen LogP) is 1.77. The summed E-state index contributed by atoms with van der Waals surface area (Å²) in [6, 6.07) is 5.59. The van der Waals surface area contributed by atoms with Gasteiger partial charge < -0.3 is 14.6 Å². The summed E-state index contributed by atoms with van der Waals surface area (Å²) >= 11 is 0. The first-order valence-corrected chi connectivity index (χ1v) is 7.95. The maximum absolute atomic E-state index is 14.1. The van der Waals surface area contributed by atoms with Crippen LogP contribution in [0, 0.1) is 18.6 Å². The van der Waals surface area contributed by atoms with Crippen molar-refractivity contribution in [3.05, 3.63) is 69.6 Å². The van der Waals surface area contributed by atoms with Crippen LogP contribution in [0.5, 0.6) is 0 Å². The van der Waals surface area contributed by atoms with E-state index in [4.69, 9.17) is 0 Å². The SMILES string of the molecule is Cc1cccn(CC(=O)N2C[C@@H](O)C[C@@H]2c2cc(F)ccc2F)c1=O. The number of benzene rings is 1. The van der Waals surface area contributed by atoms with E-state index in [9.17, 15) is 23.5 Å². The first-order chi connectivity index (χ1) is 11.9. The van der Waals surface area contributed by atoms with Crippen LogP contribution in [0.15, 0.2) is 41.3 Å². The van der Waals surface area contributed by atoms with Crippen LogP contribution < -0.4 is 5.56 Å². The molecule has 0 spiro atoms. The molecule has 25 heavy (non-hydrogen) atoms. The number of β-amino-alcohol motifs (C(OH)–C–C–N with tert-alkyl or cyclic N) is 1. The third kappa shape index (κ3) is 3.46. The first-order valence-electron chi connectivity index (χ1n) is 7.95. The number of nitrogens with zero attached hydrogens (tertiary/aromatic N) is 2. The number of carbonyl (C=O) groups excluding carboxylic acids is 1. The van der Waals surface area contributed by atoms with Crippen LogP contribution in [0.1, 0.15) is 23.6 Å². The highest BCUT2D eigenvalue weighted by molar-refractivity contribution is 5.77. The molecule has 0 aliphatic carbocycles. The lowest BCUT2D eigenvalue weighted by Crippen LogP contribution is -2.37. The van der Waals surface area contributed by atoms with E-state index in [2.05, 4.69) is 0 Å². The summed E-state index contributed by atoms with van der Waals surface area (Å²) in [6.07, 6.45) is 0.789. The van der Waals surface area contributed by atoms with Gasteiger partial charge in [0.05, 0.1) is 12.1 Å². The van der Waals surface area contributed by atoms with Gasteiger partial charge in [-0.05, 0) is 37.6 Å². The summed E-state index contributed by atoms with van der Waals surface area (Å²) in [5.41, 5.74) is 0.245. The normalized spacial score (nSPS) is 20.1. The van der Waals surface area contributed by atoms with Crippen LogP contribution in [0.2, 0.25) is 0 Å². The van der Waals surface area contributed by atoms with Crippen molar-refractivity contribution in [1.29, 1.82) is 0 Å². The van der Waals surface area contributed by atoms with Gasteiger partial charge in [0, 0.05) is 23.9 Å². The first kappa shape index (κ1) is 17.3. The summed E-state index contributed by atoms with van der Waals surface area (Å²) in [7, 11) is 0. The number of hydrogen-bond acceptors (Lipinski definition) is 3. The summed E-state index contributed by atoms with van der Waals surface area (Å²) in [6.45, 7) is 1.44. The maximum atomic E-state index is 14.1. The van der Waals surface area contributed by atoms with Crippen molar-refractivity contribution >= 4 is 5.91 Å². The van der Waals surface area contributed by atoms with Crippen molar-refractivity contribution in [3.63, 3.8) is 0 Å². The van der Waals surface area contributed by atoms with E-state index in [0.717, 1.165) is 18.2 Å². The number of hydrogen-bond donors (Lipinski definition) is 1. The highest BCUT2D eigenvalue weighted by Crippen LogP contribution is 2.34. The molecule has 0 radical (unpaired) electrons. The smallest absolute Gasteiger partial charge is 0.253 e. The number of rotatable bonds is 3. The van der Waals surface area contributed by atoms with E-state index in [-0.39, 0.29) is 30.6 Å². The number of aromatic nitrogens is 1. The zero-order valence-corrected chi connectivity index (χ0v) is 13.7. The molecule has 1 aromatic carbocycles. The van der Waals surface area contributed by atoms with Crippen LogP contribution in [-0.4, -0.2) is 33.1 Å². The minimum absolute atomic E-state index is 0.0139. The summed E-state index contributed by atoms with van der Waals surface area (Å²) in [5.74, 6) is -1.68. The fourth-order valence-corrected chi connectivity index (χ4v) is 3.17. The maximum Gasteiger partial charge on any atom is 0.253 e. The molecule has 1 saturated heterocycles. The fourth-order valence-electron chi connectivity index (χ4n) is 3.17. The molecule has 1 aliphatic heterocycles. The molecule has 0 unspecified atom stereocenters. The molecule has 1 amide bonds. The van der Waals surface area contributed by atoms with E-state index in [1.54, 1.807) is 19.1 Å². The van der Waals surface area contributed by atoms with Crippen molar-refractivity contribution in [2.45, 2.75) is 32.0 Å². The molecule has 1 fully saturated rings. The Hall–Kier alpha value is -2.54. The van der Waals surface area contributed by atoms with Crippen molar-refractivity contribution in [2.24, 2.45) is 0 Å². The molecule has 1 aliphatic rings. The number of amides is 1. The van der Waals surface area contributed by atoms with Crippen LogP contribution in [0.3, 0.4) is 0 Å². The van der Waals surface area contributed by atoms with Crippen molar-refractivity contribution < 1.29 is 18.7 Å². The highest BCUT2D eigenvalue weighted by atomic mass is 19.1. The van der Waals surface area contributed by atoms with Gasteiger partial charge in [0.15, 0.2) is 0 Å². The van der Waals surface area contributed by atoms with Gasteiger partial charge in [-0.3, -0.25) is 9.59 Å². The summed E-state index contributed by atoms with van der Waals surface area (Å²) in [4.78, 5) is 26.0. The molecular formula is C18H18F2N2O3. The number of pyridine rings is 1. The molecule has 1 N–H and O–H groups in total. The largest absolute Gasteiger partial charge is 0.391 e. The Morgan fingerprint density at radius 1 is 1.32 bits per heavy atom.